The highest BCUT2D eigenvalue weighted by atomic mass is 16.6. The number of nitrogens with zero attached hydrogens (tertiary/aromatic N) is 1. The summed E-state index contributed by atoms with van der Waals surface area (Å²) in [5.41, 5.74) is 3.24. The average molecular weight is 261 g/mol. The maximum absolute atomic E-state index is 11.2. The van der Waals surface area contributed by atoms with E-state index >= 15 is 0 Å². The van der Waals surface area contributed by atoms with Crippen molar-refractivity contribution >= 4 is 0 Å². The first kappa shape index (κ1) is 13.6. The predicted octanol–water partition coefficient (Wildman–Crippen LogP) is 3.39. The molecule has 1 aromatic carbocycles. The van der Waals surface area contributed by atoms with E-state index in [-0.39, 0.29) is 10.8 Å². The first-order valence-corrected chi connectivity index (χ1v) is 6.48. The summed E-state index contributed by atoms with van der Waals surface area (Å²) in [6, 6.07) is 3.37. The van der Waals surface area contributed by atoms with Crippen molar-refractivity contribution in [3.05, 3.63) is 51.1 Å². The van der Waals surface area contributed by atoms with Crippen LogP contribution in [0.4, 0.5) is 0 Å². The van der Waals surface area contributed by atoms with Gasteiger partial charge in [0.15, 0.2) is 0 Å². The van der Waals surface area contributed by atoms with E-state index in [0.717, 1.165) is 28.9 Å². The van der Waals surface area contributed by atoms with Crippen molar-refractivity contribution in [3.8, 4) is 5.75 Å². The Morgan fingerprint density at radius 2 is 1.89 bits per heavy atom. The van der Waals surface area contributed by atoms with Crippen LogP contribution in [0.3, 0.4) is 0 Å². The van der Waals surface area contributed by atoms with Gasteiger partial charge in [0.05, 0.1) is 13.0 Å². The molecule has 1 aliphatic rings. The number of methoxy groups -OCH3 is 1. The van der Waals surface area contributed by atoms with Crippen LogP contribution in [0.25, 0.3) is 0 Å². The summed E-state index contributed by atoms with van der Waals surface area (Å²) in [6.45, 7) is 4.01. The van der Waals surface area contributed by atoms with Crippen molar-refractivity contribution in [2.75, 3.05) is 7.11 Å². The lowest BCUT2D eigenvalue weighted by molar-refractivity contribution is -0.526. The van der Waals surface area contributed by atoms with E-state index in [1.807, 2.05) is 38.1 Å². The van der Waals surface area contributed by atoms with Crippen molar-refractivity contribution in [2.45, 2.75) is 38.6 Å². The summed E-state index contributed by atoms with van der Waals surface area (Å²) >= 11 is 0. The van der Waals surface area contributed by atoms with Gasteiger partial charge in [0.2, 0.25) is 6.04 Å². The zero-order valence-corrected chi connectivity index (χ0v) is 11.6. The highest BCUT2D eigenvalue weighted by Crippen LogP contribution is 2.36. The van der Waals surface area contributed by atoms with Gasteiger partial charge in [-0.3, -0.25) is 10.1 Å². The molecule has 1 aliphatic carbocycles. The average Bonchev–Trinajstić information content (AvgIpc) is 2.42. The van der Waals surface area contributed by atoms with Gasteiger partial charge >= 0.3 is 0 Å². The molecule has 2 rings (SSSR count). The molecule has 2 unspecified atom stereocenters. The van der Waals surface area contributed by atoms with Crippen molar-refractivity contribution in [1.82, 2.24) is 0 Å². The van der Waals surface area contributed by atoms with Gasteiger partial charge in [0.1, 0.15) is 5.75 Å². The number of nitro groups is 1. The second-order valence-corrected chi connectivity index (χ2v) is 5.01. The summed E-state index contributed by atoms with van der Waals surface area (Å²) in [7, 11) is 1.64. The minimum Gasteiger partial charge on any atom is -0.496 e. The summed E-state index contributed by atoms with van der Waals surface area (Å²) in [4.78, 5) is 11.1. The molecule has 0 N–H and O–H groups in total. The van der Waals surface area contributed by atoms with Gasteiger partial charge in [0.25, 0.3) is 0 Å². The number of hydrogen-bond acceptors (Lipinski definition) is 3. The molecule has 0 saturated carbocycles. The zero-order chi connectivity index (χ0) is 14.0. The van der Waals surface area contributed by atoms with E-state index in [4.69, 9.17) is 4.74 Å². The third-order valence-corrected chi connectivity index (χ3v) is 4.07. The van der Waals surface area contributed by atoms with Gasteiger partial charge in [-0.05, 0) is 43.0 Å². The van der Waals surface area contributed by atoms with E-state index in [0.29, 0.717) is 6.42 Å². The number of hydrogen-bond donors (Lipinski definition) is 0. The quantitative estimate of drug-likeness (QED) is 0.476. The molecule has 1 aromatic rings. The second kappa shape index (κ2) is 5.43. The van der Waals surface area contributed by atoms with Crippen LogP contribution in [0.15, 0.2) is 24.3 Å². The fourth-order valence-corrected chi connectivity index (χ4v) is 2.81. The molecule has 0 aliphatic heterocycles. The fourth-order valence-electron chi connectivity index (χ4n) is 2.81. The van der Waals surface area contributed by atoms with Crippen LogP contribution < -0.4 is 4.74 Å². The molecule has 0 aromatic heterocycles. The standard InChI is InChI=1S/C15H19NO3/c1-10-11(2)15(19-3)9-8-12(10)13-6-4-5-7-14(13)16(17)18/h4-5,8-9,13-14H,6-7H2,1-3H3. The lowest BCUT2D eigenvalue weighted by Gasteiger charge is -2.25. The molecular formula is C15H19NO3. The molecule has 0 heterocycles. The molecule has 0 amide bonds. The first-order chi connectivity index (χ1) is 9.06. The summed E-state index contributed by atoms with van der Waals surface area (Å²) in [5.74, 6) is 0.801. The van der Waals surface area contributed by atoms with Crippen LogP contribution >= 0.6 is 0 Å². The molecule has 0 saturated heterocycles. The Balaban J connectivity index is 2.43. The normalized spacial score (nSPS) is 22.3. The van der Waals surface area contributed by atoms with E-state index in [2.05, 4.69) is 0 Å². The molecule has 0 bridgehead atoms. The van der Waals surface area contributed by atoms with Crippen LogP contribution in [0.5, 0.6) is 5.75 Å². The Kier molecular flexibility index (Phi) is 3.88. The third kappa shape index (κ3) is 2.48. The number of ether oxygens (including phenoxy) is 1. The summed E-state index contributed by atoms with van der Waals surface area (Å²) < 4.78 is 5.29. The second-order valence-electron chi connectivity index (χ2n) is 5.01. The Hall–Kier alpha value is -1.84. The molecule has 4 heteroatoms. The minimum absolute atomic E-state index is 0.0374. The Labute approximate surface area is 113 Å². The largest absolute Gasteiger partial charge is 0.496 e. The molecular weight excluding hydrogens is 242 g/mol. The molecule has 0 radical (unpaired) electrons. The van der Waals surface area contributed by atoms with Gasteiger partial charge in [-0.15, -0.1) is 0 Å². The zero-order valence-electron chi connectivity index (χ0n) is 11.6. The lowest BCUT2D eigenvalue weighted by atomic mass is 9.81. The van der Waals surface area contributed by atoms with Crippen LogP contribution in [0.1, 0.15) is 35.4 Å². The monoisotopic (exact) mass is 261 g/mol. The van der Waals surface area contributed by atoms with Gasteiger partial charge < -0.3 is 4.74 Å². The van der Waals surface area contributed by atoms with Crippen LogP contribution in [0.2, 0.25) is 0 Å². The lowest BCUT2D eigenvalue weighted by Crippen LogP contribution is -2.29. The topological polar surface area (TPSA) is 52.4 Å². The maximum Gasteiger partial charge on any atom is 0.223 e. The van der Waals surface area contributed by atoms with E-state index in [1.165, 1.54) is 0 Å². The molecule has 0 fully saturated rings. The van der Waals surface area contributed by atoms with E-state index in [9.17, 15) is 10.1 Å². The Morgan fingerprint density at radius 3 is 2.53 bits per heavy atom. The molecule has 4 nitrogen and oxygen atoms in total. The summed E-state index contributed by atoms with van der Waals surface area (Å²) in [5, 5.41) is 11.2. The number of benzene rings is 1. The van der Waals surface area contributed by atoms with Gasteiger partial charge in [0, 0.05) is 11.3 Å². The van der Waals surface area contributed by atoms with Crippen LogP contribution in [-0.2, 0) is 0 Å². The highest BCUT2D eigenvalue weighted by molar-refractivity contribution is 5.45. The first-order valence-electron chi connectivity index (χ1n) is 6.48. The Morgan fingerprint density at radius 1 is 1.21 bits per heavy atom. The molecule has 0 spiro atoms. The van der Waals surface area contributed by atoms with Crippen LogP contribution in [-0.4, -0.2) is 18.1 Å². The number of rotatable bonds is 3. The molecule has 2 atom stereocenters. The van der Waals surface area contributed by atoms with Crippen molar-refractivity contribution in [3.63, 3.8) is 0 Å². The van der Waals surface area contributed by atoms with E-state index < -0.39 is 6.04 Å². The highest BCUT2D eigenvalue weighted by Gasteiger charge is 2.34. The smallest absolute Gasteiger partial charge is 0.223 e. The van der Waals surface area contributed by atoms with Crippen LogP contribution in [0, 0.1) is 24.0 Å². The van der Waals surface area contributed by atoms with Gasteiger partial charge in [-0.2, -0.15) is 0 Å². The predicted molar refractivity (Wildman–Crippen MR) is 74.4 cm³/mol. The minimum atomic E-state index is -0.517. The number of allylic oxidation sites excluding steroid dienone is 1. The fraction of sp³-hybridized carbons (Fsp3) is 0.467. The van der Waals surface area contributed by atoms with Crippen molar-refractivity contribution in [1.29, 1.82) is 0 Å². The maximum atomic E-state index is 11.2. The van der Waals surface area contributed by atoms with Gasteiger partial charge in [-0.1, -0.05) is 18.2 Å². The molecule has 102 valence electrons. The van der Waals surface area contributed by atoms with Crippen molar-refractivity contribution in [2.24, 2.45) is 0 Å². The third-order valence-electron chi connectivity index (χ3n) is 4.07. The summed E-state index contributed by atoms with van der Waals surface area (Å²) in [6.07, 6.45) is 5.21. The van der Waals surface area contributed by atoms with E-state index in [1.54, 1.807) is 7.11 Å². The molecule has 19 heavy (non-hydrogen) atoms. The Bertz CT molecular complexity index is 522. The van der Waals surface area contributed by atoms with Gasteiger partial charge in [-0.25, -0.2) is 0 Å². The SMILES string of the molecule is COc1ccc(C2CC=CCC2[N+](=O)[O-])c(C)c1C. The van der Waals surface area contributed by atoms with Crippen molar-refractivity contribution < 1.29 is 9.66 Å².